The van der Waals surface area contributed by atoms with Gasteiger partial charge in [0.05, 0.1) is 33.1 Å². The number of aromatic nitrogens is 2. The van der Waals surface area contributed by atoms with Crippen molar-refractivity contribution in [3.8, 4) is 28.8 Å². The number of carbonyl (C=O) groups is 2. The number of methoxy groups -OCH3 is 2. The molecule has 0 spiro atoms. The van der Waals surface area contributed by atoms with E-state index in [1.165, 1.54) is 44.0 Å². The number of carbonyl (C=O) groups excluding carboxylic acids is 1. The summed E-state index contributed by atoms with van der Waals surface area (Å²) in [4.78, 5) is 26.9. The molecule has 0 atom stereocenters. The first kappa shape index (κ1) is 33.4. The summed E-state index contributed by atoms with van der Waals surface area (Å²) in [5.74, 6) is -0.836. The Kier molecular flexibility index (Phi) is 10.4. The van der Waals surface area contributed by atoms with Gasteiger partial charge in [-0.3, -0.25) is 9.69 Å². The van der Waals surface area contributed by atoms with Crippen LogP contribution in [0.15, 0.2) is 71.6 Å². The molecule has 1 fully saturated rings. The summed E-state index contributed by atoms with van der Waals surface area (Å²) in [6, 6.07) is 17.3. The fourth-order valence-electron chi connectivity index (χ4n) is 4.89. The molecule has 248 valence electrons. The van der Waals surface area contributed by atoms with Crippen LogP contribution >= 0.6 is 0 Å². The number of hydrogen-bond donors (Lipinski definition) is 3. The Morgan fingerprint density at radius 1 is 0.979 bits per heavy atom. The van der Waals surface area contributed by atoms with Crippen molar-refractivity contribution >= 4 is 27.6 Å². The molecule has 0 saturated carbocycles. The zero-order chi connectivity index (χ0) is 33.6. The number of carboxylic acid groups (broad SMARTS) is 1. The van der Waals surface area contributed by atoms with Gasteiger partial charge < -0.3 is 29.4 Å². The lowest BCUT2D eigenvalue weighted by molar-refractivity contribution is 0.0390. The molecule has 0 bridgehead atoms. The Morgan fingerprint density at radius 3 is 2.38 bits per heavy atom. The quantitative estimate of drug-likeness (QED) is 0.191. The summed E-state index contributed by atoms with van der Waals surface area (Å²) in [7, 11) is -1.22. The smallest absolute Gasteiger partial charge is 0.356 e. The average Bonchev–Trinajstić information content (AvgIpc) is 3.41. The molecule has 2 heterocycles. The van der Waals surface area contributed by atoms with Crippen LogP contribution in [0.3, 0.4) is 0 Å². The van der Waals surface area contributed by atoms with Gasteiger partial charge in [-0.05, 0) is 67.6 Å². The molecule has 1 aliphatic heterocycles. The number of aromatic carboxylic acids is 1. The number of carboxylic acids is 1. The maximum Gasteiger partial charge on any atom is 0.356 e. The summed E-state index contributed by atoms with van der Waals surface area (Å²) in [6.45, 7) is 4.58. The van der Waals surface area contributed by atoms with Crippen LogP contribution in [0.4, 0.5) is 5.69 Å². The molecule has 1 aromatic heterocycles. The van der Waals surface area contributed by atoms with E-state index < -0.39 is 21.9 Å². The van der Waals surface area contributed by atoms with E-state index in [1.807, 2.05) is 0 Å². The summed E-state index contributed by atoms with van der Waals surface area (Å²) in [5, 5.41) is 16.8. The fourth-order valence-corrected chi connectivity index (χ4v) is 6.07. The number of hydrogen-bond acceptors (Lipinski definition) is 10. The first-order valence-electron chi connectivity index (χ1n) is 14.6. The highest BCUT2D eigenvalue weighted by atomic mass is 32.2. The number of ether oxygens (including phenoxy) is 4. The molecule has 0 radical (unpaired) electrons. The van der Waals surface area contributed by atoms with Gasteiger partial charge in [0.2, 0.25) is 15.9 Å². The lowest BCUT2D eigenvalue weighted by Crippen LogP contribution is -2.41. The minimum Gasteiger partial charge on any atom is -0.497 e. The molecule has 47 heavy (non-hydrogen) atoms. The lowest BCUT2D eigenvalue weighted by Gasteiger charge is -2.26. The first-order chi connectivity index (χ1) is 22.6. The van der Waals surface area contributed by atoms with E-state index in [0.717, 1.165) is 0 Å². The molecular weight excluding hydrogens is 630 g/mol. The minimum atomic E-state index is -4.22. The van der Waals surface area contributed by atoms with E-state index >= 15 is 0 Å². The van der Waals surface area contributed by atoms with Crippen LogP contribution in [0, 0.1) is 6.92 Å². The van der Waals surface area contributed by atoms with Crippen molar-refractivity contribution < 1.29 is 42.1 Å². The molecule has 3 N–H and O–H groups in total. The van der Waals surface area contributed by atoms with E-state index in [0.29, 0.717) is 55.6 Å². The van der Waals surface area contributed by atoms with Crippen molar-refractivity contribution in [1.29, 1.82) is 0 Å². The Bertz CT molecular complexity index is 1850. The predicted molar refractivity (Wildman–Crippen MR) is 172 cm³/mol. The molecule has 0 unspecified atom stereocenters. The lowest BCUT2D eigenvalue weighted by atomic mass is 10.2. The first-order valence-corrected chi connectivity index (χ1v) is 16.1. The Balaban J connectivity index is 1.51. The third-order valence-electron chi connectivity index (χ3n) is 7.44. The van der Waals surface area contributed by atoms with E-state index in [9.17, 15) is 23.1 Å². The topological polar surface area (TPSA) is 171 Å². The Morgan fingerprint density at radius 2 is 1.70 bits per heavy atom. The second kappa shape index (κ2) is 14.6. The number of anilines is 1. The van der Waals surface area contributed by atoms with Crippen molar-refractivity contribution in [2.24, 2.45) is 0 Å². The van der Waals surface area contributed by atoms with Crippen LogP contribution in [0.25, 0.3) is 5.69 Å². The van der Waals surface area contributed by atoms with Gasteiger partial charge in [-0.25, -0.2) is 17.9 Å². The molecule has 1 saturated heterocycles. The van der Waals surface area contributed by atoms with Crippen LogP contribution in [0.5, 0.6) is 23.1 Å². The van der Waals surface area contributed by atoms with E-state index in [4.69, 9.17) is 18.9 Å². The molecule has 3 aromatic carbocycles. The second-order valence-corrected chi connectivity index (χ2v) is 12.2. The molecule has 1 aliphatic rings. The van der Waals surface area contributed by atoms with E-state index in [1.54, 1.807) is 48.5 Å². The number of amides is 1. The number of rotatable bonds is 13. The highest BCUT2D eigenvalue weighted by Crippen LogP contribution is 2.35. The molecular formula is C32H35N5O9S. The number of benzene rings is 3. The van der Waals surface area contributed by atoms with Crippen LogP contribution in [0.2, 0.25) is 0 Å². The summed E-state index contributed by atoms with van der Waals surface area (Å²) >= 11 is 0. The third-order valence-corrected chi connectivity index (χ3v) is 8.92. The van der Waals surface area contributed by atoms with Crippen LogP contribution in [-0.4, -0.2) is 93.7 Å². The standard InChI is InChI=1S/C32H35N5O9S/c1-21-29(32(39)40)35-37(24-8-10-25(43-2)11-9-24)31(21)46-27-12-7-23(34-30(38)22-5-4-6-26(19-22)44-3)20-28(27)47(41,42)33-13-14-36-15-17-45-18-16-36/h4-12,19-20,33H,13-18H2,1-3H3,(H,34,38)(H,39,40). The maximum absolute atomic E-state index is 13.8. The molecule has 15 heteroatoms. The fraction of sp³-hybridized carbons (Fsp3) is 0.281. The highest BCUT2D eigenvalue weighted by Gasteiger charge is 2.27. The second-order valence-electron chi connectivity index (χ2n) is 10.5. The van der Waals surface area contributed by atoms with Crippen molar-refractivity contribution in [3.63, 3.8) is 0 Å². The normalized spacial score (nSPS) is 13.6. The van der Waals surface area contributed by atoms with Crippen molar-refractivity contribution in [2.75, 3.05) is 58.9 Å². The molecule has 5 rings (SSSR count). The Labute approximate surface area is 271 Å². The average molecular weight is 666 g/mol. The zero-order valence-corrected chi connectivity index (χ0v) is 26.9. The van der Waals surface area contributed by atoms with Crippen molar-refractivity contribution in [1.82, 2.24) is 19.4 Å². The molecule has 1 amide bonds. The van der Waals surface area contributed by atoms with Crippen molar-refractivity contribution in [2.45, 2.75) is 11.8 Å². The third kappa shape index (κ3) is 7.89. The largest absolute Gasteiger partial charge is 0.497 e. The SMILES string of the molecule is COc1ccc(-n2nc(C(=O)O)c(C)c2Oc2ccc(NC(=O)c3cccc(OC)c3)cc2S(=O)(=O)NCCN2CCOCC2)cc1. The number of sulfonamides is 1. The summed E-state index contributed by atoms with van der Waals surface area (Å²) in [6.07, 6.45) is 0. The maximum atomic E-state index is 13.8. The minimum absolute atomic E-state index is 0.00880. The summed E-state index contributed by atoms with van der Waals surface area (Å²) < 4.78 is 53.5. The van der Waals surface area contributed by atoms with Gasteiger partial charge in [0, 0.05) is 43.0 Å². The van der Waals surface area contributed by atoms with E-state index in [2.05, 4.69) is 20.0 Å². The monoisotopic (exact) mass is 665 g/mol. The zero-order valence-electron chi connectivity index (χ0n) is 26.1. The van der Waals surface area contributed by atoms with Crippen LogP contribution in [0.1, 0.15) is 26.4 Å². The van der Waals surface area contributed by atoms with Gasteiger partial charge in [0.15, 0.2) is 5.69 Å². The number of nitrogens with zero attached hydrogens (tertiary/aromatic N) is 3. The van der Waals surface area contributed by atoms with Gasteiger partial charge >= 0.3 is 5.97 Å². The van der Waals surface area contributed by atoms with Gasteiger partial charge in [-0.1, -0.05) is 6.07 Å². The summed E-state index contributed by atoms with van der Waals surface area (Å²) in [5.41, 5.74) is 0.841. The molecule has 4 aromatic rings. The number of morpholine rings is 1. The highest BCUT2D eigenvalue weighted by molar-refractivity contribution is 7.89. The van der Waals surface area contributed by atoms with Gasteiger partial charge in [0.25, 0.3) is 5.91 Å². The van der Waals surface area contributed by atoms with Crippen LogP contribution < -0.4 is 24.2 Å². The number of nitrogens with one attached hydrogen (secondary N) is 2. The van der Waals surface area contributed by atoms with Gasteiger partial charge in [0.1, 0.15) is 22.1 Å². The molecule has 0 aliphatic carbocycles. The van der Waals surface area contributed by atoms with Gasteiger partial charge in [-0.15, -0.1) is 0 Å². The van der Waals surface area contributed by atoms with Crippen molar-refractivity contribution in [3.05, 3.63) is 83.6 Å². The predicted octanol–water partition coefficient (Wildman–Crippen LogP) is 3.55. The van der Waals surface area contributed by atoms with Crippen LogP contribution in [-0.2, 0) is 14.8 Å². The Hall–Kier alpha value is -4.96. The molecule has 14 nitrogen and oxygen atoms in total. The van der Waals surface area contributed by atoms with E-state index in [-0.39, 0.29) is 40.0 Å². The van der Waals surface area contributed by atoms with Gasteiger partial charge in [-0.2, -0.15) is 9.78 Å².